The molecule has 1 aromatic rings. The van der Waals surface area contributed by atoms with E-state index < -0.39 is 18.6 Å². The van der Waals surface area contributed by atoms with Crippen molar-refractivity contribution in [3.8, 4) is 0 Å². The number of nitrogen functional groups attached to an aromatic ring is 1. The summed E-state index contributed by atoms with van der Waals surface area (Å²) in [7, 11) is 0. The molecule has 0 atom stereocenters. The Morgan fingerprint density at radius 3 is 1.78 bits per heavy atom. The molecule has 0 aliphatic heterocycles. The largest absolute Gasteiger partial charge is 0.455 e. The van der Waals surface area contributed by atoms with Crippen molar-refractivity contribution in [1.29, 1.82) is 0 Å². The molecule has 18 heavy (non-hydrogen) atoms. The third-order valence-corrected chi connectivity index (χ3v) is 1.84. The minimum absolute atomic E-state index is 0. The van der Waals surface area contributed by atoms with Gasteiger partial charge in [0.15, 0.2) is 0 Å². The summed E-state index contributed by atoms with van der Waals surface area (Å²) in [5.74, 6) is -4.76. The molecule has 0 bridgehead atoms. The third kappa shape index (κ3) is 5.14. The Morgan fingerprint density at radius 2 is 1.39 bits per heavy atom. The molecule has 0 saturated carbocycles. The van der Waals surface area contributed by atoms with E-state index >= 15 is 0 Å². The van der Waals surface area contributed by atoms with Crippen LogP contribution in [0.15, 0.2) is 24.3 Å². The van der Waals surface area contributed by atoms with Gasteiger partial charge in [-0.15, -0.1) is 24.8 Å². The van der Waals surface area contributed by atoms with Crippen molar-refractivity contribution in [3.05, 3.63) is 24.3 Å². The second kappa shape index (κ2) is 6.84. The highest BCUT2D eigenvalue weighted by Gasteiger charge is 2.57. The van der Waals surface area contributed by atoms with Crippen LogP contribution in [0.1, 0.15) is 0 Å². The average molecular weight is 313 g/mol. The van der Waals surface area contributed by atoms with Crippen LogP contribution in [0.2, 0.25) is 0 Å². The molecule has 0 radical (unpaired) electrons. The molecule has 0 aromatic heterocycles. The molecular weight excluding hydrogens is 302 g/mol. The van der Waals surface area contributed by atoms with Gasteiger partial charge in [-0.05, 0) is 24.3 Å². The monoisotopic (exact) mass is 312 g/mol. The van der Waals surface area contributed by atoms with E-state index in [2.05, 4.69) is 0 Å². The molecule has 9 heteroatoms. The van der Waals surface area contributed by atoms with E-state index in [0.29, 0.717) is 5.69 Å². The Bertz CT molecular complexity index is 353. The fraction of sp³-hybridized carbons (Fsp3) is 0.333. The van der Waals surface area contributed by atoms with Gasteiger partial charge in [0.25, 0.3) is 0 Å². The normalized spacial score (nSPS) is 11.2. The number of hydrogen-bond acceptors (Lipinski definition) is 2. The number of anilines is 2. The Kier molecular flexibility index (Phi) is 7.37. The molecule has 106 valence electrons. The van der Waals surface area contributed by atoms with Crippen molar-refractivity contribution in [2.24, 2.45) is 0 Å². The number of halogens is 7. The zero-order chi connectivity index (χ0) is 12.4. The lowest BCUT2D eigenvalue weighted by atomic mass is 10.2. The maximum atomic E-state index is 12.5. The topological polar surface area (TPSA) is 38.0 Å². The summed E-state index contributed by atoms with van der Waals surface area (Å²) in [6.45, 7) is -1.50. The fourth-order valence-electron chi connectivity index (χ4n) is 0.914. The lowest BCUT2D eigenvalue weighted by Crippen LogP contribution is -2.42. The predicted octanol–water partition coefficient (Wildman–Crippen LogP) is 3.72. The quantitative estimate of drug-likeness (QED) is 0.659. The summed E-state index contributed by atoms with van der Waals surface area (Å²) in [4.78, 5) is 0. The van der Waals surface area contributed by atoms with Crippen LogP contribution >= 0.6 is 24.8 Å². The van der Waals surface area contributed by atoms with E-state index in [4.69, 9.17) is 5.73 Å². The van der Waals surface area contributed by atoms with Crippen molar-refractivity contribution in [1.82, 2.24) is 0 Å². The second-order valence-corrected chi connectivity index (χ2v) is 3.18. The molecule has 0 saturated heterocycles. The number of nitrogens with one attached hydrogen (secondary N) is 1. The van der Waals surface area contributed by atoms with Gasteiger partial charge >= 0.3 is 12.1 Å². The second-order valence-electron chi connectivity index (χ2n) is 3.18. The van der Waals surface area contributed by atoms with Gasteiger partial charge in [0.2, 0.25) is 0 Å². The summed E-state index contributed by atoms with van der Waals surface area (Å²) in [5, 5.41) is 1.99. The third-order valence-electron chi connectivity index (χ3n) is 1.84. The fourth-order valence-corrected chi connectivity index (χ4v) is 0.914. The number of nitrogens with two attached hydrogens (primary N) is 1. The molecule has 3 N–H and O–H groups in total. The maximum Gasteiger partial charge on any atom is 0.455 e. The molecule has 1 rings (SSSR count). The molecular formula is C9H11Cl2F5N2. The van der Waals surface area contributed by atoms with Crippen molar-refractivity contribution < 1.29 is 22.0 Å². The van der Waals surface area contributed by atoms with Crippen LogP contribution in [0.25, 0.3) is 0 Å². The van der Waals surface area contributed by atoms with E-state index in [1.165, 1.54) is 24.3 Å². The van der Waals surface area contributed by atoms with Gasteiger partial charge in [0, 0.05) is 11.4 Å². The van der Waals surface area contributed by atoms with E-state index in [-0.39, 0.29) is 30.5 Å². The summed E-state index contributed by atoms with van der Waals surface area (Å²) in [6.07, 6.45) is -5.55. The van der Waals surface area contributed by atoms with Crippen LogP contribution in [0.3, 0.4) is 0 Å². The Morgan fingerprint density at radius 1 is 0.944 bits per heavy atom. The molecule has 0 aliphatic carbocycles. The SMILES string of the molecule is Cl.Cl.Nc1ccc(NCC(F)(F)C(F)(F)F)cc1. The molecule has 1 aromatic carbocycles. The highest BCUT2D eigenvalue weighted by molar-refractivity contribution is 5.85. The van der Waals surface area contributed by atoms with Gasteiger partial charge in [-0.25, -0.2) is 0 Å². The number of rotatable bonds is 3. The van der Waals surface area contributed by atoms with Gasteiger partial charge in [-0.2, -0.15) is 22.0 Å². The van der Waals surface area contributed by atoms with E-state index in [9.17, 15) is 22.0 Å². The molecule has 0 amide bonds. The first-order valence-corrected chi connectivity index (χ1v) is 4.26. The first kappa shape index (κ1) is 19.4. The van der Waals surface area contributed by atoms with Crippen molar-refractivity contribution in [3.63, 3.8) is 0 Å². The van der Waals surface area contributed by atoms with Gasteiger partial charge in [-0.3, -0.25) is 0 Å². The van der Waals surface area contributed by atoms with Crippen LogP contribution in [-0.2, 0) is 0 Å². The average Bonchev–Trinajstić information content (AvgIpc) is 2.15. The molecule has 0 unspecified atom stereocenters. The lowest BCUT2D eigenvalue weighted by Gasteiger charge is -2.20. The maximum absolute atomic E-state index is 12.5. The van der Waals surface area contributed by atoms with Gasteiger partial charge in [-0.1, -0.05) is 0 Å². The minimum atomic E-state index is -5.55. The number of benzene rings is 1. The summed E-state index contributed by atoms with van der Waals surface area (Å²) in [6, 6.07) is 5.44. The van der Waals surface area contributed by atoms with Crippen molar-refractivity contribution in [2.45, 2.75) is 12.1 Å². The Labute approximate surface area is 113 Å². The summed E-state index contributed by atoms with van der Waals surface area (Å²) in [5.41, 5.74) is 5.87. The van der Waals surface area contributed by atoms with Crippen molar-refractivity contribution >= 4 is 36.2 Å². The highest BCUT2D eigenvalue weighted by Crippen LogP contribution is 2.35. The standard InChI is InChI=1S/C9H9F5N2.2ClH/c10-8(11,9(12,13)14)5-16-7-3-1-6(15)2-4-7;;/h1-4,16H,5,15H2;2*1H. The lowest BCUT2D eigenvalue weighted by molar-refractivity contribution is -0.275. The van der Waals surface area contributed by atoms with Gasteiger partial charge in [0.05, 0.1) is 6.54 Å². The first-order valence-electron chi connectivity index (χ1n) is 4.26. The van der Waals surface area contributed by atoms with Crippen LogP contribution in [0, 0.1) is 0 Å². The summed E-state index contributed by atoms with van der Waals surface area (Å²) >= 11 is 0. The van der Waals surface area contributed by atoms with E-state index in [0.717, 1.165) is 0 Å². The van der Waals surface area contributed by atoms with E-state index in [1.807, 2.05) is 5.32 Å². The van der Waals surface area contributed by atoms with Gasteiger partial charge < -0.3 is 11.1 Å². The van der Waals surface area contributed by atoms with Crippen LogP contribution in [-0.4, -0.2) is 18.6 Å². The zero-order valence-corrected chi connectivity index (χ0v) is 10.4. The molecule has 2 nitrogen and oxygen atoms in total. The van der Waals surface area contributed by atoms with Crippen LogP contribution in [0.5, 0.6) is 0 Å². The minimum Gasteiger partial charge on any atom is -0.399 e. The summed E-state index contributed by atoms with van der Waals surface area (Å²) < 4.78 is 60.3. The number of hydrogen-bond donors (Lipinski definition) is 2. The van der Waals surface area contributed by atoms with Gasteiger partial charge in [0.1, 0.15) is 0 Å². The van der Waals surface area contributed by atoms with Crippen LogP contribution < -0.4 is 11.1 Å². The zero-order valence-electron chi connectivity index (χ0n) is 8.80. The highest BCUT2D eigenvalue weighted by atomic mass is 35.5. The predicted molar refractivity (Wildman–Crippen MR) is 64.8 cm³/mol. The molecule has 0 aliphatic rings. The molecule has 0 heterocycles. The molecule has 0 spiro atoms. The Balaban J connectivity index is 0. The van der Waals surface area contributed by atoms with E-state index in [1.54, 1.807) is 0 Å². The number of alkyl halides is 5. The molecule has 0 fully saturated rings. The van der Waals surface area contributed by atoms with Crippen molar-refractivity contribution in [2.75, 3.05) is 17.6 Å². The first-order chi connectivity index (χ1) is 7.22. The van der Waals surface area contributed by atoms with Crippen LogP contribution in [0.4, 0.5) is 33.3 Å². The smallest absolute Gasteiger partial charge is 0.399 e. The Hall–Kier alpha value is -0.950.